The Bertz CT molecular complexity index is 375. The van der Waals surface area contributed by atoms with Gasteiger partial charge in [-0.25, -0.2) is 13.8 Å². The van der Waals surface area contributed by atoms with E-state index in [2.05, 4.69) is 20.9 Å². The van der Waals surface area contributed by atoms with Crippen LogP contribution in [0.3, 0.4) is 0 Å². The predicted octanol–water partition coefficient (Wildman–Crippen LogP) is 3.31. The van der Waals surface area contributed by atoms with Gasteiger partial charge in [-0.05, 0) is 22.0 Å². The van der Waals surface area contributed by atoms with Crippen molar-refractivity contribution in [1.29, 1.82) is 5.26 Å². The molecule has 13 heavy (non-hydrogen) atoms. The molecule has 0 unspecified atom stereocenters. The average molecular weight is 267 g/mol. The molecule has 0 amide bonds. The largest absolute Gasteiger partial charge is 0.281 e. The van der Waals surface area contributed by atoms with Crippen molar-refractivity contribution in [2.75, 3.05) is 0 Å². The van der Waals surface area contributed by atoms with E-state index in [1.807, 2.05) is 0 Å². The van der Waals surface area contributed by atoms with Crippen LogP contribution in [0.5, 0.6) is 0 Å². The Morgan fingerprint density at radius 3 is 2.69 bits per heavy atom. The highest BCUT2D eigenvalue weighted by Crippen LogP contribution is 2.28. The molecule has 0 bridgehead atoms. The van der Waals surface area contributed by atoms with Crippen LogP contribution in [0.2, 0.25) is 5.15 Å². The molecule has 2 nitrogen and oxygen atoms in total. The molecule has 0 aliphatic heterocycles. The van der Waals surface area contributed by atoms with Crippen LogP contribution in [-0.4, -0.2) is 4.98 Å². The number of nitrogens with zero attached hydrogens (tertiary/aromatic N) is 2. The highest BCUT2D eigenvalue weighted by Gasteiger charge is 2.18. The summed E-state index contributed by atoms with van der Waals surface area (Å²) in [6.45, 7) is 0. The third kappa shape index (κ3) is 2.14. The first-order chi connectivity index (χ1) is 6.06. The van der Waals surface area contributed by atoms with Crippen LogP contribution in [0.25, 0.3) is 0 Å². The molecule has 0 spiro atoms. The Hall–Kier alpha value is -0.730. The zero-order chi connectivity index (χ0) is 10.0. The van der Waals surface area contributed by atoms with E-state index in [-0.39, 0.29) is 15.2 Å². The molecule has 0 aliphatic carbocycles. The summed E-state index contributed by atoms with van der Waals surface area (Å²) >= 11 is 8.39. The van der Waals surface area contributed by atoms with E-state index in [9.17, 15) is 8.78 Å². The van der Waals surface area contributed by atoms with Crippen LogP contribution in [0.1, 0.15) is 17.7 Å². The highest BCUT2D eigenvalue weighted by molar-refractivity contribution is 9.10. The summed E-state index contributed by atoms with van der Waals surface area (Å²) in [6.07, 6.45) is -2.80. The second-order valence-electron chi connectivity index (χ2n) is 2.10. The first-order valence-corrected chi connectivity index (χ1v) is 4.27. The number of alkyl halides is 2. The predicted molar refractivity (Wildman–Crippen MR) is 46.6 cm³/mol. The van der Waals surface area contributed by atoms with E-state index in [1.165, 1.54) is 6.07 Å². The summed E-state index contributed by atoms with van der Waals surface area (Å²) in [6, 6.07) is 2.92. The molecule has 1 rings (SSSR count). The fourth-order valence-corrected chi connectivity index (χ4v) is 1.61. The van der Waals surface area contributed by atoms with Gasteiger partial charge in [0.15, 0.2) is 0 Å². The van der Waals surface area contributed by atoms with Crippen molar-refractivity contribution >= 4 is 27.5 Å². The molecule has 0 saturated carbocycles. The molecule has 0 aromatic carbocycles. The third-order valence-electron chi connectivity index (χ3n) is 1.29. The first kappa shape index (κ1) is 10.4. The number of aromatic nitrogens is 1. The van der Waals surface area contributed by atoms with Gasteiger partial charge in [-0.2, -0.15) is 5.26 Å². The van der Waals surface area contributed by atoms with E-state index in [1.54, 1.807) is 6.07 Å². The van der Waals surface area contributed by atoms with Crippen LogP contribution in [0.4, 0.5) is 8.78 Å². The SMILES string of the molecule is N#Cc1c(Br)cc(Cl)nc1C(F)F. The normalized spacial score (nSPS) is 10.2. The van der Waals surface area contributed by atoms with Crippen LogP contribution in [-0.2, 0) is 0 Å². The van der Waals surface area contributed by atoms with Gasteiger partial charge in [0.2, 0.25) is 0 Å². The Labute approximate surface area is 86.3 Å². The lowest BCUT2D eigenvalue weighted by Crippen LogP contribution is -1.96. The van der Waals surface area contributed by atoms with Crippen molar-refractivity contribution < 1.29 is 8.78 Å². The van der Waals surface area contributed by atoms with E-state index in [0.29, 0.717) is 0 Å². The maximum Gasteiger partial charge on any atom is 0.281 e. The lowest BCUT2D eigenvalue weighted by Gasteiger charge is -2.03. The monoisotopic (exact) mass is 266 g/mol. The minimum absolute atomic E-state index is 0.0684. The summed E-state index contributed by atoms with van der Waals surface area (Å²) in [5.74, 6) is 0. The second-order valence-corrected chi connectivity index (χ2v) is 3.34. The van der Waals surface area contributed by atoms with Gasteiger partial charge in [-0.3, -0.25) is 0 Å². The van der Waals surface area contributed by atoms with Crippen LogP contribution >= 0.6 is 27.5 Å². The van der Waals surface area contributed by atoms with E-state index in [4.69, 9.17) is 16.9 Å². The zero-order valence-corrected chi connectivity index (χ0v) is 8.40. The molecular formula is C7H2BrClF2N2. The van der Waals surface area contributed by atoms with Crippen LogP contribution < -0.4 is 0 Å². The molecule has 1 aromatic heterocycles. The number of hydrogen-bond donors (Lipinski definition) is 0. The van der Waals surface area contributed by atoms with Gasteiger partial charge < -0.3 is 0 Å². The standard InChI is InChI=1S/C7H2BrClF2N2/c8-4-1-5(9)13-6(7(10)11)3(4)2-12/h1,7H. The Morgan fingerprint density at radius 1 is 1.62 bits per heavy atom. The van der Waals surface area contributed by atoms with Gasteiger partial charge in [0.25, 0.3) is 6.43 Å². The number of pyridine rings is 1. The summed E-state index contributed by atoms with van der Waals surface area (Å²) in [5, 5.41) is 8.47. The number of halogens is 4. The summed E-state index contributed by atoms with van der Waals surface area (Å²) in [7, 11) is 0. The quantitative estimate of drug-likeness (QED) is 0.732. The van der Waals surface area contributed by atoms with Crippen molar-refractivity contribution in [2.45, 2.75) is 6.43 Å². The van der Waals surface area contributed by atoms with E-state index >= 15 is 0 Å². The molecule has 0 saturated heterocycles. The maximum absolute atomic E-state index is 12.3. The van der Waals surface area contributed by atoms with E-state index in [0.717, 1.165) is 0 Å². The van der Waals surface area contributed by atoms with E-state index < -0.39 is 12.1 Å². The smallest absolute Gasteiger partial charge is 0.234 e. The zero-order valence-electron chi connectivity index (χ0n) is 6.06. The van der Waals surface area contributed by atoms with Crippen molar-refractivity contribution in [2.24, 2.45) is 0 Å². The molecular weight excluding hydrogens is 265 g/mol. The molecule has 68 valence electrons. The number of rotatable bonds is 1. The fraction of sp³-hybridized carbons (Fsp3) is 0.143. The fourth-order valence-electron chi connectivity index (χ4n) is 0.771. The highest BCUT2D eigenvalue weighted by atomic mass is 79.9. The molecule has 6 heteroatoms. The lowest BCUT2D eigenvalue weighted by molar-refractivity contribution is 0.145. The lowest BCUT2D eigenvalue weighted by atomic mass is 10.2. The van der Waals surface area contributed by atoms with Crippen molar-refractivity contribution in [3.8, 4) is 6.07 Å². The van der Waals surface area contributed by atoms with Crippen LogP contribution in [0.15, 0.2) is 10.5 Å². The summed E-state index contributed by atoms with van der Waals surface area (Å²) < 4.78 is 24.8. The Morgan fingerprint density at radius 2 is 2.23 bits per heavy atom. The van der Waals surface area contributed by atoms with Crippen molar-refractivity contribution in [1.82, 2.24) is 4.98 Å². The Kier molecular flexibility index (Phi) is 3.17. The second kappa shape index (κ2) is 3.99. The van der Waals surface area contributed by atoms with Gasteiger partial charge in [0, 0.05) is 4.47 Å². The molecule has 0 radical (unpaired) electrons. The minimum Gasteiger partial charge on any atom is -0.234 e. The van der Waals surface area contributed by atoms with Gasteiger partial charge in [0.05, 0.1) is 5.56 Å². The van der Waals surface area contributed by atoms with Crippen LogP contribution in [0, 0.1) is 11.3 Å². The molecule has 0 atom stereocenters. The topological polar surface area (TPSA) is 36.7 Å². The molecule has 0 fully saturated rings. The van der Waals surface area contributed by atoms with Crippen molar-refractivity contribution in [3.05, 3.63) is 26.9 Å². The van der Waals surface area contributed by atoms with Gasteiger partial charge in [0.1, 0.15) is 16.9 Å². The summed E-state index contributed by atoms with van der Waals surface area (Å²) in [5.41, 5.74) is -0.777. The molecule has 1 aromatic rings. The number of hydrogen-bond acceptors (Lipinski definition) is 2. The molecule has 0 aliphatic rings. The maximum atomic E-state index is 12.3. The summed E-state index contributed by atoms with van der Waals surface area (Å²) in [4.78, 5) is 3.37. The number of nitriles is 1. The Balaban J connectivity index is 3.41. The third-order valence-corrected chi connectivity index (χ3v) is 2.11. The first-order valence-electron chi connectivity index (χ1n) is 3.10. The van der Waals surface area contributed by atoms with Gasteiger partial charge >= 0.3 is 0 Å². The average Bonchev–Trinajstić information content (AvgIpc) is 2.02. The molecule has 0 N–H and O–H groups in total. The van der Waals surface area contributed by atoms with Gasteiger partial charge in [-0.1, -0.05) is 11.6 Å². The van der Waals surface area contributed by atoms with Crippen molar-refractivity contribution in [3.63, 3.8) is 0 Å². The minimum atomic E-state index is -2.80. The van der Waals surface area contributed by atoms with Gasteiger partial charge in [-0.15, -0.1) is 0 Å². The molecule has 1 heterocycles.